The van der Waals surface area contributed by atoms with Crippen LogP contribution in [0.2, 0.25) is 0 Å². The molecule has 1 heterocycles. The highest BCUT2D eigenvalue weighted by Crippen LogP contribution is 2.40. The molecule has 0 N–H and O–H groups in total. The lowest BCUT2D eigenvalue weighted by Gasteiger charge is -2.45. The van der Waals surface area contributed by atoms with Crippen molar-refractivity contribution in [1.82, 2.24) is 4.90 Å². The standard InChI is InChI=1S/C16H23N/c1-2-11-17-12-5-8-15-14-7-4-3-6-13(14)9-10-16(15)17/h3-4,6-7,15-16H,2,5,8-12H2,1H3/t15-,16-/m0/s1. The molecule has 1 aliphatic carbocycles. The van der Waals surface area contributed by atoms with E-state index in [9.17, 15) is 0 Å². The second kappa shape index (κ2) is 4.81. The Labute approximate surface area is 105 Å². The molecular formula is C16H23N. The number of rotatable bonds is 2. The molecule has 1 aliphatic heterocycles. The summed E-state index contributed by atoms with van der Waals surface area (Å²) in [5.74, 6) is 0.820. The van der Waals surface area contributed by atoms with Crippen LogP contribution >= 0.6 is 0 Å². The molecule has 1 heteroatoms. The van der Waals surface area contributed by atoms with E-state index in [1.807, 2.05) is 0 Å². The first-order valence-electron chi connectivity index (χ1n) is 7.22. The largest absolute Gasteiger partial charge is 0.300 e. The minimum atomic E-state index is 0.820. The minimum absolute atomic E-state index is 0.820. The highest BCUT2D eigenvalue weighted by Gasteiger charge is 2.35. The first-order valence-corrected chi connectivity index (χ1v) is 7.22. The summed E-state index contributed by atoms with van der Waals surface area (Å²) >= 11 is 0. The van der Waals surface area contributed by atoms with Crippen molar-refractivity contribution < 1.29 is 0 Å². The molecule has 17 heavy (non-hydrogen) atoms. The zero-order chi connectivity index (χ0) is 11.7. The lowest BCUT2D eigenvalue weighted by Crippen LogP contribution is -2.46. The second-order valence-corrected chi connectivity index (χ2v) is 5.59. The minimum Gasteiger partial charge on any atom is -0.300 e. The summed E-state index contributed by atoms with van der Waals surface area (Å²) < 4.78 is 0. The van der Waals surface area contributed by atoms with Crippen LogP contribution in [-0.4, -0.2) is 24.0 Å². The van der Waals surface area contributed by atoms with Gasteiger partial charge in [-0.1, -0.05) is 31.2 Å². The molecule has 1 aromatic carbocycles. The molecule has 0 amide bonds. The van der Waals surface area contributed by atoms with Crippen LogP contribution in [0.25, 0.3) is 0 Å². The van der Waals surface area contributed by atoms with E-state index in [2.05, 4.69) is 36.1 Å². The van der Waals surface area contributed by atoms with Gasteiger partial charge < -0.3 is 0 Å². The van der Waals surface area contributed by atoms with Gasteiger partial charge in [0.25, 0.3) is 0 Å². The Morgan fingerprint density at radius 2 is 2.12 bits per heavy atom. The van der Waals surface area contributed by atoms with Crippen molar-refractivity contribution in [1.29, 1.82) is 0 Å². The number of fused-ring (bicyclic) bond motifs is 3. The highest BCUT2D eigenvalue weighted by atomic mass is 15.2. The van der Waals surface area contributed by atoms with Gasteiger partial charge in [-0.05, 0) is 62.2 Å². The van der Waals surface area contributed by atoms with Gasteiger partial charge in [-0.2, -0.15) is 0 Å². The lowest BCUT2D eigenvalue weighted by molar-refractivity contribution is 0.113. The SMILES string of the molecule is CCCN1CCC[C@H]2c3ccccc3CC[C@@H]21. The molecule has 1 fully saturated rings. The Morgan fingerprint density at radius 1 is 1.24 bits per heavy atom. The molecule has 2 aliphatic rings. The van der Waals surface area contributed by atoms with Gasteiger partial charge >= 0.3 is 0 Å². The monoisotopic (exact) mass is 229 g/mol. The molecule has 0 aromatic heterocycles. The third kappa shape index (κ3) is 2.01. The van der Waals surface area contributed by atoms with Crippen LogP contribution in [-0.2, 0) is 6.42 Å². The summed E-state index contributed by atoms with van der Waals surface area (Å²) in [5.41, 5.74) is 3.27. The van der Waals surface area contributed by atoms with Crippen molar-refractivity contribution in [2.75, 3.05) is 13.1 Å². The molecule has 0 bridgehead atoms. The molecular weight excluding hydrogens is 206 g/mol. The van der Waals surface area contributed by atoms with Crippen LogP contribution in [0.1, 0.15) is 49.7 Å². The Balaban J connectivity index is 1.88. The molecule has 0 unspecified atom stereocenters. The van der Waals surface area contributed by atoms with Crippen molar-refractivity contribution in [2.45, 2.75) is 51.0 Å². The maximum absolute atomic E-state index is 2.75. The van der Waals surface area contributed by atoms with Gasteiger partial charge in [0.05, 0.1) is 0 Å². The quantitative estimate of drug-likeness (QED) is 0.749. The Kier molecular flexibility index (Phi) is 3.19. The zero-order valence-electron chi connectivity index (χ0n) is 10.9. The van der Waals surface area contributed by atoms with Crippen molar-refractivity contribution >= 4 is 0 Å². The van der Waals surface area contributed by atoms with Crippen LogP contribution in [0.5, 0.6) is 0 Å². The van der Waals surface area contributed by atoms with Crippen LogP contribution in [0.3, 0.4) is 0 Å². The number of hydrogen-bond acceptors (Lipinski definition) is 1. The van der Waals surface area contributed by atoms with Gasteiger partial charge in [-0.3, -0.25) is 4.90 Å². The van der Waals surface area contributed by atoms with E-state index in [1.165, 1.54) is 45.2 Å². The molecule has 92 valence electrons. The number of piperidine rings is 1. The van der Waals surface area contributed by atoms with Crippen LogP contribution in [0.4, 0.5) is 0 Å². The smallest absolute Gasteiger partial charge is 0.0167 e. The first-order chi connectivity index (χ1) is 8.40. The lowest BCUT2D eigenvalue weighted by atomic mass is 9.74. The summed E-state index contributed by atoms with van der Waals surface area (Å²) in [5, 5.41) is 0. The van der Waals surface area contributed by atoms with Crippen molar-refractivity contribution in [3.8, 4) is 0 Å². The van der Waals surface area contributed by atoms with Crippen molar-refractivity contribution in [3.63, 3.8) is 0 Å². The van der Waals surface area contributed by atoms with Crippen LogP contribution < -0.4 is 0 Å². The van der Waals surface area contributed by atoms with Crippen LogP contribution in [0.15, 0.2) is 24.3 Å². The van der Waals surface area contributed by atoms with E-state index in [0.29, 0.717) is 0 Å². The van der Waals surface area contributed by atoms with E-state index in [0.717, 1.165) is 12.0 Å². The topological polar surface area (TPSA) is 3.24 Å². The molecule has 1 saturated heterocycles. The van der Waals surface area contributed by atoms with Gasteiger partial charge in [-0.15, -0.1) is 0 Å². The Morgan fingerprint density at radius 3 is 3.00 bits per heavy atom. The Hall–Kier alpha value is -0.820. The number of aryl methyl sites for hydroxylation is 1. The summed E-state index contributed by atoms with van der Waals surface area (Å²) in [6, 6.07) is 9.97. The van der Waals surface area contributed by atoms with Crippen LogP contribution in [0, 0.1) is 0 Å². The third-order valence-electron chi connectivity index (χ3n) is 4.57. The van der Waals surface area contributed by atoms with Crippen molar-refractivity contribution in [2.24, 2.45) is 0 Å². The molecule has 1 aromatic rings. The van der Waals surface area contributed by atoms with Gasteiger partial charge in [0.1, 0.15) is 0 Å². The Bertz CT molecular complexity index is 383. The molecule has 0 radical (unpaired) electrons. The number of benzene rings is 1. The average Bonchev–Trinajstić information content (AvgIpc) is 2.39. The van der Waals surface area contributed by atoms with Gasteiger partial charge in [-0.25, -0.2) is 0 Å². The molecule has 0 spiro atoms. The summed E-state index contributed by atoms with van der Waals surface area (Å²) in [4.78, 5) is 2.75. The van der Waals surface area contributed by atoms with E-state index in [1.54, 1.807) is 11.1 Å². The number of likely N-dealkylation sites (tertiary alicyclic amines) is 1. The molecule has 0 saturated carbocycles. The maximum Gasteiger partial charge on any atom is 0.0167 e. The van der Waals surface area contributed by atoms with Gasteiger partial charge in [0.2, 0.25) is 0 Å². The zero-order valence-corrected chi connectivity index (χ0v) is 10.9. The molecule has 2 atom stereocenters. The molecule has 3 rings (SSSR count). The summed E-state index contributed by atoms with van der Waals surface area (Å²) in [6.07, 6.45) is 6.75. The number of nitrogens with zero attached hydrogens (tertiary/aromatic N) is 1. The van der Waals surface area contributed by atoms with Crippen molar-refractivity contribution in [3.05, 3.63) is 35.4 Å². The van der Waals surface area contributed by atoms with Gasteiger partial charge in [0, 0.05) is 6.04 Å². The predicted octanol–water partition coefficient (Wildman–Crippen LogP) is 3.59. The summed E-state index contributed by atoms with van der Waals surface area (Å²) in [6.45, 7) is 4.93. The normalized spacial score (nSPS) is 28.5. The molecule has 1 nitrogen and oxygen atoms in total. The fourth-order valence-corrected chi connectivity index (χ4v) is 3.87. The fourth-order valence-electron chi connectivity index (χ4n) is 3.87. The highest BCUT2D eigenvalue weighted by molar-refractivity contribution is 5.34. The predicted molar refractivity (Wildman–Crippen MR) is 72.4 cm³/mol. The maximum atomic E-state index is 2.75. The third-order valence-corrected chi connectivity index (χ3v) is 4.57. The summed E-state index contributed by atoms with van der Waals surface area (Å²) in [7, 11) is 0. The fraction of sp³-hybridized carbons (Fsp3) is 0.625. The van der Waals surface area contributed by atoms with E-state index in [4.69, 9.17) is 0 Å². The number of hydrogen-bond donors (Lipinski definition) is 0. The second-order valence-electron chi connectivity index (χ2n) is 5.59. The van der Waals surface area contributed by atoms with E-state index >= 15 is 0 Å². The van der Waals surface area contributed by atoms with E-state index in [-0.39, 0.29) is 0 Å². The van der Waals surface area contributed by atoms with Gasteiger partial charge in [0.15, 0.2) is 0 Å². The average molecular weight is 229 g/mol. The first kappa shape index (κ1) is 11.3. The van der Waals surface area contributed by atoms with E-state index < -0.39 is 0 Å².